The number of carbonyl (C=O) groups is 1. The molecule has 152 valence electrons. The number of nitrogens with two attached hydrogens (primary N) is 2. The van der Waals surface area contributed by atoms with Gasteiger partial charge >= 0.3 is 0 Å². The van der Waals surface area contributed by atoms with Crippen LogP contribution in [-0.2, 0) is 6.54 Å². The Morgan fingerprint density at radius 2 is 2.07 bits per heavy atom. The molecule has 1 fully saturated rings. The zero-order chi connectivity index (χ0) is 20.8. The van der Waals surface area contributed by atoms with Crippen LogP contribution in [0.3, 0.4) is 0 Å². The number of primary amides is 1. The molecule has 3 aromatic rings. The van der Waals surface area contributed by atoms with Gasteiger partial charge in [-0.05, 0) is 31.0 Å². The number of nitrogens with zero attached hydrogens (tertiary/aromatic N) is 3. The van der Waals surface area contributed by atoms with Crippen molar-refractivity contribution in [2.24, 2.45) is 11.1 Å². The van der Waals surface area contributed by atoms with Gasteiger partial charge < -0.3 is 21.3 Å². The molecule has 1 aliphatic carbocycles. The summed E-state index contributed by atoms with van der Waals surface area (Å²) in [5.74, 6) is 0.169. The summed E-state index contributed by atoms with van der Waals surface area (Å²) >= 11 is 0. The minimum atomic E-state index is -0.642. The second-order valence-electron chi connectivity index (χ2n) is 8.33. The summed E-state index contributed by atoms with van der Waals surface area (Å²) in [4.78, 5) is 16.6. The van der Waals surface area contributed by atoms with Crippen LogP contribution >= 0.6 is 0 Å². The van der Waals surface area contributed by atoms with E-state index in [2.05, 4.69) is 10.1 Å². The number of aliphatic hydroxyl groups is 1. The molecule has 8 nitrogen and oxygen atoms in total. The molecule has 1 saturated carbocycles. The molecule has 0 saturated heterocycles. The first-order chi connectivity index (χ1) is 13.8. The molecule has 1 amide bonds. The van der Waals surface area contributed by atoms with Gasteiger partial charge in [0.1, 0.15) is 23.2 Å². The van der Waals surface area contributed by atoms with Crippen molar-refractivity contribution in [1.82, 2.24) is 14.8 Å². The molecule has 0 radical (unpaired) electrons. The topological polar surface area (TPSA) is 129 Å². The molecule has 1 aliphatic rings. The van der Waals surface area contributed by atoms with E-state index in [1.807, 2.05) is 44.2 Å². The Hall–Kier alpha value is -3.13. The van der Waals surface area contributed by atoms with Gasteiger partial charge in [-0.25, -0.2) is 9.67 Å². The van der Waals surface area contributed by atoms with Crippen LogP contribution in [0.2, 0.25) is 0 Å². The van der Waals surface area contributed by atoms with Gasteiger partial charge in [0.15, 0.2) is 0 Å². The van der Waals surface area contributed by atoms with Crippen LogP contribution in [0.1, 0.15) is 37.0 Å². The third-order valence-electron chi connectivity index (χ3n) is 4.99. The molecule has 1 aromatic carbocycles. The lowest BCUT2D eigenvalue weighted by atomic mass is 9.95. The zero-order valence-corrected chi connectivity index (χ0v) is 16.6. The smallest absolute Gasteiger partial charge is 0.254 e. The predicted octanol–water partition coefficient (Wildman–Crippen LogP) is 2.34. The van der Waals surface area contributed by atoms with Crippen LogP contribution in [0, 0.1) is 5.41 Å². The van der Waals surface area contributed by atoms with Crippen molar-refractivity contribution in [2.45, 2.75) is 39.3 Å². The van der Waals surface area contributed by atoms with Crippen LogP contribution in [0.15, 0.2) is 30.3 Å². The molecular formula is C21H25N5O3. The van der Waals surface area contributed by atoms with Crippen LogP contribution in [-0.4, -0.2) is 38.5 Å². The van der Waals surface area contributed by atoms with Crippen molar-refractivity contribution in [3.8, 4) is 17.1 Å². The minimum Gasteiger partial charge on any atom is -0.474 e. The highest BCUT2D eigenvalue weighted by Crippen LogP contribution is 2.32. The van der Waals surface area contributed by atoms with E-state index in [9.17, 15) is 9.90 Å². The van der Waals surface area contributed by atoms with Gasteiger partial charge in [0, 0.05) is 29.0 Å². The second-order valence-corrected chi connectivity index (χ2v) is 8.33. The second kappa shape index (κ2) is 7.04. The molecule has 2 aromatic heterocycles. The van der Waals surface area contributed by atoms with Gasteiger partial charge in [-0.3, -0.25) is 4.79 Å². The standard InChI is InChI=1S/C21H25N5O3/c1-21(2,11-27)10-26-19(22)17(20(23)28)18(25-26)13-3-7-15-12(9-13)4-8-16(24-15)29-14-5-6-14/h3-4,7-9,14,27H,5-6,10-11,22H2,1-2H3,(H2,23,28). The van der Waals surface area contributed by atoms with Crippen LogP contribution in [0.25, 0.3) is 22.2 Å². The number of amides is 1. The van der Waals surface area contributed by atoms with E-state index in [1.165, 1.54) is 4.68 Å². The fraction of sp³-hybridized carbons (Fsp3) is 0.381. The third kappa shape index (κ3) is 3.88. The molecular weight excluding hydrogens is 370 g/mol. The summed E-state index contributed by atoms with van der Waals surface area (Å²) in [5.41, 5.74) is 13.4. The van der Waals surface area contributed by atoms with E-state index in [4.69, 9.17) is 16.2 Å². The van der Waals surface area contributed by atoms with Gasteiger partial charge in [0.05, 0.1) is 12.1 Å². The van der Waals surface area contributed by atoms with Crippen molar-refractivity contribution in [2.75, 3.05) is 12.3 Å². The lowest BCUT2D eigenvalue weighted by Gasteiger charge is -2.21. The maximum absolute atomic E-state index is 12.1. The van der Waals surface area contributed by atoms with Gasteiger partial charge in [0.25, 0.3) is 5.91 Å². The Morgan fingerprint density at radius 3 is 2.72 bits per heavy atom. The Labute approximate surface area is 168 Å². The summed E-state index contributed by atoms with van der Waals surface area (Å²) in [5, 5.41) is 15.0. The molecule has 0 atom stereocenters. The van der Waals surface area contributed by atoms with Crippen molar-refractivity contribution in [3.05, 3.63) is 35.9 Å². The fourth-order valence-corrected chi connectivity index (χ4v) is 3.17. The first-order valence-electron chi connectivity index (χ1n) is 9.62. The van der Waals surface area contributed by atoms with Gasteiger partial charge in [-0.2, -0.15) is 5.10 Å². The zero-order valence-electron chi connectivity index (χ0n) is 16.6. The number of hydrogen-bond acceptors (Lipinski definition) is 6. The average Bonchev–Trinajstić information content (AvgIpc) is 3.43. The SMILES string of the molecule is CC(C)(CO)Cn1nc(-c2ccc3nc(OC4CC4)ccc3c2)c(C(N)=O)c1N. The molecule has 29 heavy (non-hydrogen) atoms. The number of carbonyl (C=O) groups excluding carboxylic acids is 1. The number of aromatic nitrogens is 3. The number of nitrogen functional groups attached to an aromatic ring is 1. The highest BCUT2D eigenvalue weighted by atomic mass is 16.5. The van der Waals surface area contributed by atoms with E-state index in [1.54, 1.807) is 0 Å². The number of ether oxygens (including phenoxy) is 1. The molecule has 5 N–H and O–H groups in total. The van der Waals surface area contributed by atoms with E-state index in [-0.39, 0.29) is 24.1 Å². The van der Waals surface area contributed by atoms with Crippen LogP contribution < -0.4 is 16.2 Å². The van der Waals surface area contributed by atoms with Crippen molar-refractivity contribution in [3.63, 3.8) is 0 Å². The number of rotatable bonds is 7. The number of fused-ring (bicyclic) bond motifs is 1. The van der Waals surface area contributed by atoms with E-state index in [0.717, 1.165) is 29.3 Å². The molecule has 2 heterocycles. The number of anilines is 1. The normalized spacial score (nSPS) is 14.3. The van der Waals surface area contributed by atoms with Crippen molar-refractivity contribution < 1.29 is 14.6 Å². The minimum absolute atomic E-state index is 0.0412. The van der Waals surface area contributed by atoms with E-state index < -0.39 is 11.3 Å². The first kappa shape index (κ1) is 19.2. The van der Waals surface area contributed by atoms with Crippen LogP contribution in [0.5, 0.6) is 5.88 Å². The molecule has 4 rings (SSSR count). The molecule has 0 unspecified atom stereocenters. The largest absolute Gasteiger partial charge is 0.474 e. The maximum Gasteiger partial charge on any atom is 0.254 e. The Balaban J connectivity index is 1.74. The molecule has 0 spiro atoms. The van der Waals surface area contributed by atoms with Crippen molar-refractivity contribution >= 4 is 22.6 Å². The Morgan fingerprint density at radius 1 is 1.31 bits per heavy atom. The van der Waals surface area contributed by atoms with Crippen molar-refractivity contribution in [1.29, 1.82) is 0 Å². The average molecular weight is 395 g/mol. The first-order valence-corrected chi connectivity index (χ1v) is 9.62. The number of benzene rings is 1. The lowest BCUT2D eigenvalue weighted by Crippen LogP contribution is -2.25. The molecule has 8 heteroatoms. The van der Waals surface area contributed by atoms with Gasteiger partial charge in [0.2, 0.25) is 5.88 Å². The summed E-state index contributed by atoms with van der Waals surface area (Å²) in [6.07, 6.45) is 2.43. The summed E-state index contributed by atoms with van der Waals surface area (Å²) in [6, 6.07) is 9.38. The third-order valence-corrected chi connectivity index (χ3v) is 4.99. The summed E-state index contributed by atoms with van der Waals surface area (Å²) < 4.78 is 7.28. The maximum atomic E-state index is 12.1. The monoisotopic (exact) mass is 395 g/mol. The number of hydrogen-bond donors (Lipinski definition) is 3. The summed E-state index contributed by atoms with van der Waals surface area (Å²) in [7, 11) is 0. The highest BCUT2D eigenvalue weighted by molar-refractivity contribution is 6.04. The Bertz CT molecular complexity index is 1090. The quantitative estimate of drug-likeness (QED) is 0.563. The van der Waals surface area contributed by atoms with Crippen LogP contribution in [0.4, 0.5) is 5.82 Å². The Kier molecular flexibility index (Phi) is 4.66. The molecule has 0 bridgehead atoms. The number of pyridine rings is 1. The molecule has 0 aliphatic heterocycles. The van der Waals surface area contributed by atoms with E-state index in [0.29, 0.717) is 18.1 Å². The number of aliphatic hydroxyl groups excluding tert-OH is 1. The van der Waals surface area contributed by atoms with Gasteiger partial charge in [-0.15, -0.1) is 0 Å². The predicted molar refractivity (Wildman–Crippen MR) is 110 cm³/mol. The fourth-order valence-electron chi connectivity index (χ4n) is 3.17. The van der Waals surface area contributed by atoms with E-state index >= 15 is 0 Å². The highest BCUT2D eigenvalue weighted by Gasteiger charge is 2.26. The summed E-state index contributed by atoms with van der Waals surface area (Å²) in [6.45, 7) is 4.09. The van der Waals surface area contributed by atoms with Gasteiger partial charge in [-0.1, -0.05) is 19.9 Å². The lowest BCUT2D eigenvalue weighted by molar-refractivity contribution is 0.100.